The Hall–Kier alpha value is -2.12. The number of hydrogen-bond acceptors (Lipinski definition) is 1. The van der Waals surface area contributed by atoms with Crippen molar-refractivity contribution in [2.24, 2.45) is 11.8 Å². The highest BCUT2D eigenvalue weighted by molar-refractivity contribution is 5.23. The van der Waals surface area contributed by atoms with Gasteiger partial charge in [0, 0.05) is 0 Å². The van der Waals surface area contributed by atoms with Crippen LogP contribution in [0.4, 0.5) is 0 Å². The van der Waals surface area contributed by atoms with E-state index in [0.29, 0.717) is 0 Å². The zero-order valence-electron chi connectivity index (χ0n) is 23.7. The van der Waals surface area contributed by atoms with Crippen molar-refractivity contribution in [2.45, 2.75) is 104 Å². The average Bonchev–Trinajstić information content (AvgIpc) is 2.96. The van der Waals surface area contributed by atoms with Gasteiger partial charge in [0.2, 0.25) is 0 Å². The van der Waals surface area contributed by atoms with Crippen LogP contribution < -0.4 is 0 Å². The van der Waals surface area contributed by atoms with Crippen LogP contribution in [0.1, 0.15) is 100 Å². The maximum atomic E-state index is 6.06. The molecule has 0 amide bonds. The first-order valence-electron chi connectivity index (χ1n) is 15.3. The predicted molar refractivity (Wildman–Crippen MR) is 159 cm³/mol. The lowest BCUT2D eigenvalue weighted by atomic mass is 9.84. The van der Waals surface area contributed by atoms with Crippen molar-refractivity contribution < 1.29 is 4.74 Å². The lowest BCUT2D eigenvalue weighted by Gasteiger charge is -2.23. The van der Waals surface area contributed by atoms with E-state index in [0.717, 1.165) is 50.7 Å². The Morgan fingerprint density at radius 2 is 0.973 bits per heavy atom. The van der Waals surface area contributed by atoms with E-state index in [2.05, 4.69) is 74.5 Å². The van der Waals surface area contributed by atoms with Gasteiger partial charge in [0.05, 0.1) is 13.2 Å². The molecule has 0 N–H and O–H groups in total. The molecule has 37 heavy (non-hydrogen) atoms. The number of benzene rings is 2. The van der Waals surface area contributed by atoms with Crippen molar-refractivity contribution in [3.05, 3.63) is 94.1 Å². The van der Waals surface area contributed by atoms with Crippen molar-refractivity contribution in [2.75, 3.05) is 13.2 Å². The molecule has 2 aliphatic rings. The summed E-state index contributed by atoms with van der Waals surface area (Å²) in [6.07, 6.45) is 22.5. The fraction of sp³-hybridized carbons (Fsp3) is 0.556. The molecule has 0 radical (unpaired) electrons. The first kappa shape index (κ1) is 27.9. The fourth-order valence-corrected chi connectivity index (χ4v) is 6.00. The molecule has 2 aromatic rings. The number of hydrogen-bond donors (Lipinski definition) is 0. The molecule has 0 bridgehead atoms. The van der Waals surface area contributed by atoms with Crippen LogP contribution in [0.25, 0.3) is 0 Å². The van der Waals surface area contributed by atoms with Crippen LogP contribution in [0.5, 0.6) is 0 Å². The highest BCUT2D eigenvalue weighted by Gasteiger charge is 2.16. The van der Waals surface area contributed by atoms with E-state index < -0.39 is 0 Å². The molecule has 0 saturated carbocycles. The molecular formula is C36H50O. The topological polar surface area (TPSA) is 9.23 Å². The molecule has 4 rings (SSSR count). The van der Waals surface area contributed by atoms with Crippen molar-refractivity contribution in [3.8, 4) is 0 Å². The van der Waals surface area contributed by atoms with E-state index in [4.69, 9.17) is 4.74 Å². The molecule has 2 atom stereocenters. The molecule has 0 spiro atoms. The van der Waals surface area contributed by atoms with Gasteiger partial charge >= 0.3 is 0 Å². The van der Waals surface area contributed by atoms with Crippen molar-refractivity contribution in [1.29, 1.82) is 0 Å². The number of rotatable bonds is 14. The summed E-state index contributed by atoms with van der Waals surface area (Å²) in [7, 11) is 0. The highest BCUT2D eigenvalue weighted by Crippen LogP contribution is 2.30. The smallest absolute Gasteiger partial charge is 0.0503 e. The Bertz CT molecular complexity index is 897. The Morgan fingerprint density at radius 1 is 0.568 bits per heavy atom. The summed E-state index contributed by atoms with van der Waals surface area (Å²) < 4.78 is 6.06. The molecule has 200 valence electrons. The van der Waals surface area contributed by atoms with Gasteiger partial charge in [-0.2, -0.15) is 0 Å². The normalized spacial score (nSPS) is 19.9. The maximum absolute atomic E-state index is 6.06. The predicted octanol–water partition coefficient (Wildman–Crippen LogP) is 9.63. The van der Waals surface area contributed by atoms with Crippen molar-refractivity contribution in [1.82, 2.24) is 0 Å². The van der Waals surface area contributed by atoms with Crippen LogP contribution in [-0.4, -0.2) is 13.2 Å². The summed E-state index contributed by atoms with van der Waals surface area (Å²) in [6, 6.07) is 18.5. The van der Waals surface area contributed by atoms with Gasteiger partial charge < -0.3 is 4.74 Å². The molecule has 0 fully saturated rings. The molecule has 2 aromatic carbocycles. The third kappa shape index (κ3) is 9.60. The van der Waals surface area contributed by atoms with Crippen molar-refractivity contribution >= 4 is 0 Å². The third-order valence-corrected chi connectivity index (χ3v) is 8.91. The van der Waals surface area contributed by atoms with E-state index >= 15 is 0 Å². The first-order chi connectivity index (χ1) is 18.2. The summed E-state index contributed by atoms with van der Waals surface area (Å²) in [4.78, 5) is 0. The Kier molecular flexibility index (Phi) is 11.6. The minimum atomic E-state index is 0.860. The SMILES string of the molecule is CCc1ccc(CCC2CC=C(CCOCCC3=CCC(CCc4ccc(CC)cc4)CC3)CC2)cc1. The molecule has 0 aromatic heterocycles. The second-order valence-electron chi connectivity index (χ2n) is 11.5. The standard InChI is InChI=1S/C36H50O/c1-3-29-5-9-31(10-6-29)13-15-33-17-21-35(22-18-33)25-27-37-28-26-36-23-19-34(20-24-36)16-14-32-11-7-30(4-2)8-12-32/h5-12,21,23,33-34H,3-4,13-20,22,24-28H2,1-2H3. The number of allylic oxidation sites excluding steroid dienone is 2. The van der Waals surface area contributed by atoms with E-state index in [1.165, 1.54) is 86.5 Å². The molecule has 0 aliphatic heterocycles. The van der Waals surface area contributed by atoms with Gasteiger partial charge in [-0.3, -0.25) is 0 Å². The van der Waals surface area contributed by atoms with Crippen LogP contribution in [-0.2, 0) is 30.4 Å². The Morgan fingerprint density at radius 3 is 1.32 bits per heavy atom. The van der Waals surface area contributed by atoms with Gasteiger partial charge in [0.25, 0.3) is 0 Å². The minimum Gasteiger partial charge on any atom is -0.381 e. The second kappa shape index (κ2) is 15.3. The second-order valence-corrected chi connectivity index (χ2v) is 11.5. The zero-order valence-corrected chi connectivity index (χ0v) is 23.7. The van der Waals surface area contributed by atoms with E-state index in [-0.39, 0.29) is 0 Å². The monoisotopic (exact) mass is 498 g/mol. The Labute approximate surface area is 227 Å². The van der Waals surface area contributed by atoms with Gasteiger partial charge in [-0.1, -0.05) is 85.7 Å². The summed E-state index contributed by atoms with van der Waals surface area (Å²) in [5.74, 6) is 1.72. The molecule has 0 saturated heterocycles. The minimum absolute atomic E-state index is 0.860. The largest absolute Gasteiger partial charge is 0.381 e. The lowest BCUT2D eigenvalue weighted by Crippen LogP contribution is -2.10. The molecule has 1 heteroatoms. The average molecular weight is 499 g/mol. The quantitative estimate of drug-likeness (QED) is 0.186. The summed E-state index contributed by atoms with van der Waals surface area (Å²) in [5, 5.41) is 0. The summed E-state index contributed by atoms with van der Waals surface area (Å²) in [6.45, 7) is 6.24. The summed E-state index contributed by atoms with van der Waals surface area (Å²) in [5.41, 5.74) is 9.16. The van der Waals surface area contributed by atoms with E-state index in [1.807, 2.05) is 0 Å². The zero-order chi connectivity index (χ0) is 25.7. The van der Waals surface area contributed by atoms with Crippen molar-refractivity contribution in [3.63, 3.8) is 0 Å². The van der Waals surface area contributed by atoms with Gasteiger partial charge in [-0.05, 0) is 124 Å². The van der Waals surface area contributed by atoms with Crippen LogP contribution in [0.2, 0.25) is 0 Å². The van der Waals surface area contributed by atoms with E-state index in [1.54, 1.807) is 11.1 Å². The third-order valence-electron chi connectivity index (χ3n) is 8.91. The van der Waals surface area contributed by atoms with Gasteiger partial charge in [-0.25, -0.2) is 0 Å². The molecule has 2 aliphatic carbocycles. The number of aryl methyl sites for hydroxylation is 4. The molecule has 2 unspecified atom stereocenters. The van der Waals surface area contributed by atoms with Crippen LogP contribution in [0.3, 0.4) is 0 Å². The van der Waals surface area contributed by atoms with Crippen LogP contribution >= 0.6 is 0 Å². The van der Waals surface area contributed by atoms with Gasteiger partial charge in [0.15, 0.2) is 0 Å². The first-order valence-corrected chi connectivity index (χ1v) is 15.3. The molecular weight excluding hydrogens is 448 g/mol. The van der Waals surface area contributed by atoms with Crippen LogP contribution in [0, 0.1) is 11.8 Å². The lowest BCUT2D eigenvalue weighted by molar-refractivity contribution is 0.138. The fourth-order valence-electron chi connectivity index (χ4n) is 6.00. The molecule has 1 nitrogen and oxygen atoms in total. The maximum Gasteiger partial charge on any atom is 0.0503 e. The van der Waals surface area contributed by atoms with Crippen LogP contribution in [0.15, 0.2) is 71.8 Å². The van der Waals surface area contributed by atoms with E-state index in [9.17, 15) is 0 Å². The Balaban J connectivity index is 1.04. The van der Waals surface area contributed by atoms with Gasteiger partial charge in [-0.15, -0.1) is 0 Å². The summed E-state index contributed by atoms with van der Waals surface area (Å²) >= 11 is 0. The van der Waals surface area contributed by atoms with Gasteiger partial charge in [0.1, 0.15) is 0 Å². The number of ether oxygens (including phenoxy) is 1. The molecule has 0 heterocycles. The highest BCUT2D eigenvalue weighted by atomic mass is 16.5.